The molecule has 0 fully saturated rings. The number of allylic oxidation sites excluding steroid dienone is 4. The third-order valence-corrected chi connectivity index (χ3v) is 13.5. The summed E-state index contributed by atoms with van der Waals surface area (Å²) in [4.78, 5) is 0. The number of rotatable bonds is 5. The number of fused-ring (bicyclic) bond motifs is 7. The molecule has 0 heteroatoms. The van der Waals surface area contributed by atoms with Crippen molar-refractivity contribution in [2.75, 3.05) is 0 Å². The van der Waals surface area contributed by atoms with E-state index < -0.39 is 0 Å². The van der Waals surface area contributed by atoms with Crippen molar-refractivity contribution in [3.63, 3.8) is 0 Å². The minimum absolute atomic E-state index is 0.229. The van der Waals surface area contributed by atoms with Crippen molar-refractivity contribution in [1.82, 2.24) is 0 Å². The molecule has 0 spiro atoms. The first-order valence-corrected chi connectivity index (χ1v) is 20.6. The van der Waals surface area contributed by atoms with Crippen LogP contribution in [0.2, 0.25) is 0 Å². The Balaban J connectivity index is 1.13. The van der Waals surface area contributed by atoms with Crippen molar-refractivity contribution in [3.05, 3.63) is 217 Å². The average molecular weight is 749 g/mol. The molecule has 0 aliphatic heterocycles. The predicted octanol–water partition coefficient (Wildman–Crippen LogP) is 16.4. The first kappa shape index (κ1) is 33.8. The molecule has 12 rings (SSSR count). The van der Waals surface area contributed by atoms with Gasteiger partial charge in [-0.05, 0) is 162 Å². The zero-order valence-corrected chi connectivity index (χ0v) is 33.2. The van der Waals surface area contributed by atoms with E-state index in [4.69, 9.17) is 0 Å². The molecule has 0 aromatic heterocycles. The Bertz CT molecular complexity index is 3530. The molecule has 59 heavy (non-hydrogen) atoms. The Labute approximate surface area is 344 Å². The van der Waals surface area contributed by atoms with Gasteiger partial charge in [-0.3, -0.25) is 0 Å². The highest BCUT2D eigenvalue weighted by Crippen LogP contribution is 2.55. The second kappa shape index (κ2) is 12.4. The maximum Gasteiger partial charge on any atom is 0.0159 e. The molecule has 2 aliphatic carbocycles. The summed E-state index contributed by atoms with van der Waals surface area (Å²) >= 11 is 0. The molecule has 0 saturated heterocycles. The van der Waals surface area contributed by atoms with E-state index in [-0.39, 0.29) is 5.41 Å². The zero-order chi connectivity index (χ0) is 39.6. The molecule has 10 aromatic carbocycles. The van der Waals surface area contributed by atoms with Gasteiger partial charge in [-0.1, -0.05) is 179 Å². The zero-order valence-electron chi connectivity index (χ0n) is 33.2. The Morgan fingerprint density at radius 2 is 0.847 bits per heavy atom. The lowest BCUT2D eigenvalue weighted by Crippen LogP contribution is -2.15. The second-order valence-corrected chi connectivity index (χ2v) is 16.9. The molecule has 0 unspecified atom stereocenters. The molecule has 0 heterocycles. The third kappa shape index (κ3) is 4.72. The van der Waals surface area contributed by atoms with Crippen LogP contribution in [0.15, 0.2) is 195 Å². The summed E-state index contributed by atoms with van der Waals surface area (Å²) < 4.78 is 0. The van der Waals surface area contributed by atoms with Crippen LogP contribution in [-0.2, 0) is 5.41 Å². The molecule has 0 nitrogen and oxygen atoms in total. The van der Waals surface area contributed by atoms with Crippen LogP contribution in [0.5, 0.6) is 0 Å². The summed E-state index contributed by atoms with van der Waals surface area (Å²) in [7, 11) is 0. The van der Waals surface area contributed by atoms with E-state index >= 15 is 0 Å². The molecule has 0 N–H and O–H groups in total. The largest absolute Gasteiger partial charge is 0.0984 e. The molecule has 0 atom stereocenters. The van der Waals surface area contributed by atoms with E-state index in [1.165, 1.54) is 121 Å². The van der Waals surface area contributed by atoms with Crippen molar-refractivity contribution in [2.45, 2.75) is 19.3 Å². The van der Waals surface area contributed by atoms with Gasteiger partial charge in [0, 0.05) is 5.41 Å². The van der Waals surface area contributed by atoms with Gasteiger partial charge in [0.2, 0.25) is 0 Å². The van der Waals surface area contributed by atoms with Gasteiger partial charge in [-0.2, -0.15) is 0 Å². The summed E-state index contributed by atoms with van der Waals surface area (Å²) in [5, 5.41) is 12.7. The molecule has 10 aromatic rings. The Morgan fingerprint density at radius 1 is 0.356 bits per heavy atom. The van der Waals surface area contributed by atoms with E-state index in [1.54, 1.807) is 0 Å². The molecule has 0 amide bonds. The fourth-order valence-electron chi connectivity index (χ4n) is 10.7. The average Bonchev–Trinajstić information content (AvgIpc) is 3.71. The van der Waals surface area contributed by atoms with Gasteiger partial charge in [0.05, 0.1) is 0 Å². The van der Waals surface area contributed by atoms with E-state index in [0.717, 1.165) is 11.1 Å². The molecular formula is C59H40. The van der Waals surface area contributed by atoms with Gasteiger partial charge < -0.3 is 0 Å². The maximum absolute atomic E-state index is 4.17. The highest BCUT2D eigenvalue weighted by atomic mass is 14.4. The lowest BCUT2D eigenvalue weighted by atomic mass is 9.79. The topological polar surface area (TPSA) is 0 Å². The number of hydrogen-bond donors (Lipinski definition) is 0. The minimum Gasteiger partial charge on any atom is -0.0984 e. The SMILES string of the molecule is C=CC1=C(C=C)c2ccc(-c3ccc4c(c3)C(C)(C)c3cc5c(-c6ccc7ccccc7c6)c6ccccc6c(-c6ccc7ccccc7c6)c5cc3-4)c3cccc1c23. The minimum atomic E-state index is -0.229. The smallest absolute Gasteiger partial charge is 0.0159 e. The molecule has 0 radical (unpaired) electrons. The van der Waals surface area contributed by atoms with Gasteiger partial charge in [0.25, 0.3) is 0 Å². The standard InChI is InChI=1S/C59H40/c1-5-42-43(6-2)50-29-28-44(47-21-13-20-46(42)58(47)50)39-26-27-45-51-33-52-53(34-55(51)59(3,4)54(45)32-39)57(41-25-23-36-15-8-10-17-38(36)31-41)49-19-12-11-18-48(49)56(52)40-24-22-35-14-7-9-16-37(35)30-40/h5-34H,1-2H2,3-4H3. The van der Waals surface area contributed by atoms with Gasteiger partial charge >= 0.3 is 0 Å². The maximum atomic E-state index is 4.17. The summed E-state index contributed by atoms with van der Waals surface area (Å²) in [5.74, 6) is 0. The molecule has 0 bridgehead atoms. The quantitative estimate of drug-likeness (QED) is 0.154. The summed E-state index contributed by atoms with van der Waals surface area (Å²) in [6, 6.07) is 64.0. The molecule has 276 valence electrons. The Morgan fingerprint density at radius 3 is 1.47 bits per heavy atom. The lowest BCUT2D eigenvalue weighted by molar-refractivity contribution is 0.661. The summed E-state index contributed by atoms with van der Waals surface area (Å²) in [6.07, 6.45) is 3.95. The Hall–Kier alpha value is -7.28. The predicted molar refractivity (Wildman–Crippen MR) is 255 cm³/mol. The molecular weight excluding hydrogens is 709 g/mol. The van der Waals surface area contributed by atoms with Gasteiger partial charge in [-0.15, -0.1) is 0 Å². The third-order valence-electron chi connectivity index (χ3n) is 13.5. The van der Waals surface area contributed by atoms with E-state index in [2.05, 4.69) is 197 Å². The van der Waals surface area contributed by atoms with Gasteiger partial charge in [0.1, 0.15) is 0 Å². The van der Waals surface area contributed by atoms with Crippen LogP contribution in [0, 0.1) is 0 Å². The van der Waals surface area contributed by atoms with Crippen LogP contribution in [0.25, 0.3) is 110 Å². The van der Waals surface area contributed by atoms with E-state index in [9.17, 15) is 0 Å². The van der Waals surface area contributed by atoms with Crippen molar-refractivity contribution < 1.29 is 0 Å². The van der Waals surface area contributed by atoms with Crippen LogP contribution < -0.4 is 0 Å². The summed E-state index contributed by atoms with van der Waals surface area (Å²) in [6.45, 7) is 13.2. The first-order chi connectivity index (χ1) is 28.9. The molecule has 0 saturated carbocycles. The first-order valence-electron chi connectivity index (χ1n) is 20.6. The fraction of sp³-hybridized carbons (Fsp3) is 0.0508. The van der Waals surface area contributed by atoms with Gasteiger partial charge in [0.15, 0.2) is 0 Å². The fourth-order valence-corrected chi connectivity index (χ4v) is 10.7. The van der Waals surface area contributed by atoms with Crippen LogP contribution >= 0.6 is 0 Å². The second-order valence-electron chi connectivity index (χ2n) is 16.9. The van der Waals surface area contributed by atoms with E-state index in [1.807, 2.05) is 12.2 Å². The van der Waals surface area contributed by atoms with Crippen LogP contribution in [0.3, 0.4) is 0 Å². The lowest BCUT2D eigenvalue weighted by Gasteiger charge is -2.24. The monoisotopic (exact) mass is 748 g/mol. The summed E-state index contributed by atoms with van der Waals surface area (Å²) in [5.41, 5.74) is 17.5. The highest BCUT2D eigenvalue weighted by molar-refractivity contribution is 6.24. The van der Waals surface area contributed by atoms with Crippen molar-refractivity contribution in [1.29, 1.82) is 0 Å². The Kier molecular flexibility index (Phi) is 7.09. The van der Waals surface area contributed by atoms with E-state index in [0.29, 0.717) is 0 Å². The van der Waals surface area contributed by atoms with Crippen molar-refractivity contribution in [2.24, 2.45) is 0 Å². The number of hydrogen-bond acceptors (Lipinski definition) is 0. The van der Waals surface area contributed by atoms with Crippen LogP contribution in [-0.4, -0.2) is 0 Å². The van der Waals surface area contributed by atoms with Crippen LogP contribution in [0.1, 0.15) is 36.1 Å². The van der Waals surface area contributed by atoms with Gasteiger partial charge in [-0.25, -0.2) is 0 Å². The van der Waals surface area contributed by atoms with Crippen molar-refractivity contribution in [3.8, 4) is 44.5 Å². The highest BCUT2D eigenvalue weighted by Gasteiger charge is 2.37. The normalized spacial score (nSPS) is 13.8. The molecule has 2 aliphatic rings. The van der Waals surface area contributed by atoms with Crippen LogP contribution in [0.4, 0.5) is 0 Å². The van der Waals surface area contributed by atoms with Crippen molar-refractivity contribution >= 4 is 65.0 Å². The number of benzene rings is 10.